The number of benzene rings is 2. The van der Waals surface area contributed by atoms with E-state index in [0.29, 0.717) is 6.42 Å². The normalized spacial score (nSPS) is 12.0. The zero-order valence-corrected chi connectivity index (χ0v) is 14.2. The Morgan fingerprint density at radius 3 is 2.32 bits per heavy atom. The molecule has 0 aliphatic rings. The van der Waals surface area contributed by atoms with E-state index >= 15 is 0 Å². The topological polar surface area (TPSA) is 29.1 Å². The molecular formula is C20H25NO. The van der Waals surface area contributed by atoms with Crippen molar-refractivity contribution in [2.45, 2.75) is 47.1 Å². The first-order valence-corrected chi connectivity index (χ1v) is 7.79. The van der Waals surface area contributed by atoms with E-state index in [0.717, 1.165) is 5.56 Å². The lowest BCUT2D eigenvalue weighted by molar-refractivity contribution is -0.121. The van der Waals surface area contributed by atoms with Crippen molar-refractivity contribution in [1.82, 2.24) is 5.32 Å². The molecule has 0 heterocycles. The molecule has 0 unspecified atom stereocenters. The molecule has 2 rings (SSSR count). The number of hydrogen-bond acceptors (Lipinski definition) is 1. The molecule has 0 aromatic heterocycles. The second-order valence-electron chi connectivity index (χ2n) is 6.24. The van der Waals surface area contributed by atoms with Crippen LogP contribution in [0.1, 0.15) is 46.3 Å². The van der Waals surface area contributed by atoms with Gasteiger partial charge in [0.1, 0.15) is 0 Å². The third kappa shape index (κ3) is 3.97. The molecule has 1 amide bonds. The highest BCUT2D eigenvalue weighted by atomic mass is 16.1. The lowest BCUT2D eigenvalue weighted by Gasteiger charge is -2.17. The Hall–Kier alpha value is -2.09. The predicted octanol–water partition coefficient (Wildman–Crippen LogP) is 4.34. The molecule has 1 N–H and O–H groups in total. The van der Waals surface area contributed by atoms with Crippen LogP contribution in [0.5, 0.6) is 0 Å². The standard InChI is InChI=1S/C20H25NO/c1-13-6-9-19(16(4)10-13)17(5)21-20(22)12-18-8-7-14(2)15(3)11-18/h6-11,17H,12H2,1-5H3,(H,21,22)/t17-/m0/s1. The highest BCUT2D eigenvalue weighted by Gasteiger charge is 2.12. The monoisotopic (exact) mass is 295 g/mol. The first-order valence-electron chi connectivity index (χ1n) is 7.79. The second kappa shape index (κ2) is 6.78. The molecule has 2 heteroatoms. The van der Waals surface area contributed by atoms with Crippen LogP contribution in [0.15, 0.2) is 36.4 Å². The van der Waals surface area contributed by atoms with E-state index < -0.39 is 0 Å². The molecule has 1 atom stereocenters. The minimum Gasteiger partial charge on any atom is -0.349 e. The summed E-state index contributed by atoms with van der Waals surface area (Å²) in [5, 5.41) is 3.10. The highest BCUT2D eigenvalue weighted by molar-refractivity contribution is 5.79. The first kappa shape index (κ1) is 16.3. The van der Waals surface area contributed by atoms with Crippen molar-refractivity contribution in [1.29, 1.82) is 0 Å². The van der Waals surface area contributed by atoms with E-state index in [1.54, 1.807) is 0 Å². The molecule has 0 radical (unpaired) electrons. The quantitative estimate of drug-likeness (QED) is 0.893. The maximum Gasteiger partial charge on any atom is 0.224 e. The van der Waals surface area contributed by atoms with Crippen LogP contribution >= 0.6 is 0 Å². The van der Waals surface area contributed by atoms with Crippen LogP contribution in [0.4, 0.5) is 0 Å². The van der Waals surface area contributed by atoms with Crippen LogP contribution in [0.2, 0.25) is 0 Å². The van der Waals surface area contributed by atoms with Crippen molar-refractivity contribution in [2.24, 2.45) is 0 Å². The summed E-state index contributed by atoms with van der Waals surface area (Å²) >= 11 is 0. The summed E-state index contributed by atoms with van der Waals surface area (Å²) in [6.07, 6.45) is 0.427. The minimum atomic E-state index is 0.0274. The predicted molar refractivity (Wildman–Crippen MR) is 92.1 cm³/mol. The van der Waals surface area contributed by atoms with Gasteiger partial charge in [-0.3, -0.25) is 4.79 Å². The van der Waals surface area contributed by atoms with Crippen LogP contribution in [0.3, 0.4) is 0 Å². The van der Waals surface area contributed by atoms with E-state index in [9.17, 15) is 4.79 Å². The van der Waals surface area contributed by atoms with Gasteiger partial charge in [0.2, 0.25) is 5.91 Å². The van der Waals surface area contributed by atoms with Gasteiger partial charge in [0.05, 0.1) is 12.5 Å². The summed E-state index contributed by atoms with van der Waals surface area (Å²) in [4.78, 5) is 12.3. The minimum absolute atomic E-state index is 0.0274. The smallest absolute Gasteiger partial charge is 0.224 e. The molecule has 0 spiro atoms. The summed E-state index contributed by atoms with van der Waals surface area (Å²) in [5.41, 5.74) is 7.20. The van der Waals surface area contributed by atoms with Crippen molar-refractivity contribution in [2.75, 3.05) is 0 Å². The van der Waals surface area contributed by atoms with Crippen LogP contribution < -0.4 is 5.32 Å². The van der Waals surface area contributed by atoms with Crippen molar-refractivity contribution >= 4 is 5.91 Å². The Morgan fingerprint density at radius 2 is 1.68 bits per heavy atom. The molecule has 0 saturated heterocycles. The van der Waals surface area contributed by atoms with Gasteiger partial charge in [-0.05, 0) is 62.4 Å². The summed E-state index contributed by atoms with van der Waals surface area (Å²) in [6.45, 7) is 10.4. The molecule has 0 aliphatic carbocycles. The van der Waals surface area contributed by atoms with Gasteiger partial charge in [-0.15, -0.1) is 0 Å². The highest BCUT2D eigenvalue weighted by Crippen LogP contribution is 2.19. The summed E-state index contributed by atoms with van der Waals surface area (Å²) < 4.78 is 0. The molecule has 116 valence electrons. The largest absolute Gasteiger partial charge is 0.349 e. The molecule has 0 aliphatic heterocycles. The number of nitrogens with one attached hydrogen (secondary N) is 1. The van der Waals surface area contributed by atoms with Gasteiger partial charge in [-0.1, -0.05) is 42.0 Å². The van der Waals surface area contributed by atoms with E-state index in [4.69, 9.17) is 0 Å². The van der Waals surface area contributed by atoms with Gasteiger partial charge in [-0.2, -0.15) is 0 Å². The average molecular weight is 295 g/mol. The fourth-order valence-electron chi connectivity index (χ4n) is 2.78. The summed E-state index contributed by atoms with van der Waals surface area (Å²) in [7, 11) is 0. The van der Waals surface area contributed by atoms with Crippen molar-refractivity contribution in [3.8, 4) is 0 Å². The number of carbonyl (C=O) groups is 1. The molecule has 2 aromatic rings. The van der Waals surface area contributed by atoms with E-state index in [-0.39, 0.29) is 11.9 Å². The Morgan fingerprint density at radius 1 is 0.955 bits per heavy atom. The Bertz CT molecular complexity index is 688. The molecule has 0 saturated carbocycles. The SMILES string of the molecule is Cc1ccc([C@H](C)NC(=O)Cc2ccc(C)c(C)c2)c(C)c1. The Kier molecular flexibility index (Phi) is 5.02. The third-order valence-electron chi connectivity index (χ3n) is 4.21. The molecule has 0 bridgehead atoms. The maximum absolute atomic E-state index is 12.3. The lowest BCUT2D eigenvalue weighted by Crippen LogP contribution is -2.28. The molecular weight excluding hydrogens is 270 g/mol. The number of amides is 1. The van der Waals surface area contributed by atoms with Gasteiger partial charge in [-0.25, -0.2) is 0 Å². The molecule has 2 nitrogen and oxygen atoms in total. The van der Waals surface area contributed by atoms with Gasteiger partial charge in [0, 0.05) is 0 Å². The fourth-order valence-corrected chi connectivity index (χ4v) is 2.78. The number of carbonyl (C=O) groups excluding carboxylic acids is 1. The lowest BCUT2D eigenvalue weighted by atomic mass is 9.99. The number of aryl methyl sites for hydroxylation is 4. The summed E-state index contributed by atoms with van der Waals surface area (Å²) in [5.74, 6) is 0.0655. The number of hydrogen-bond donors (Lipinski definition) is 1. The van der Waals surface area contributed by atoms with E-state index in [1.165, 1.54) is 27.8 Å². The second-order valence-corrected chi connectivity index (χ2v) is 6.24. The van der Waals surface area contributed by atoms with Crippen molar-refractivity contribution < 1.29 is 4.79 Å². The Labute approximate surface area is 133 Å². The van der Waals surface area contributed by atoms with Crippen LogP contribution in [0, 0.1) is 27.7 Å². The van der Waals surface area contributed by atoms with E-state index in [1.807, 2.05) is 13.0 Å². The average Bonchev–Trinajstić information content (AvgIpc) is 2.42. The van der Waals surface area contributed by atoms with Gasteiger partial charge < -0.3 is 5.32 Å². The Balaban J connectivity index is 2.03. The van der Waals surface area contributed by atoms with Crippen LogP contribution in [0.25, 0.3) is 0 Å². The van der Waals surface area contributed by atoms with Crippen molar-refractivity contribution in [3.05, 3.63) is 69.8 Å². The van der Waals surface area contributed by atoms with Gasteiger partial charge >= 0.3 is 0 Å². The third-order valence-corrected chi connectivity index (χ3v) is 4.21. The molecule has 22 heavy (non-hydrogen) atoms. The van der Waals surface area contributed by atoms with E-state index in [2.05, 4.69) is 63.3 Å². The van der Waals surface area contributed by atoms with Gasteiger partial charge in [0.15, 0.2) is 0 Å². The van der Waals surface area contributed by atoms with Crippen molar-refractivity contribution in [3.63, 3.8) is 0 Å². The first-order chi connectivity index (χ1) is 10.4. The maximum atomic E-state index is 12.3. The van der Waals surface area contributed by atoms with Crippen LogP contribution in [-0.4, -0.2) is 5.91 Å². The van der Waals surface area contributed by atoms with Crippen LogP contribution in [-0.2, 0) is 11.2 Å². The molecule has 2 aromatic carbocycles. The number of rotatable bonds is 4. The fraction of sp³-hybridized carbons (Fsp3) is 0.350. The van der Waals surface area contributed by atoms with Gasteiger partial charge in [0.25, 0.3) is 0 Å². The zero-order chi connectivity index (χ0) is 16.3. The molecule has 0 fully saturated rings. The summed E-state index contributed by atoms with van der Waals surface area (Å²) in [6, 6.07) is 12.6. The zero-order valence-electron chi connectivity index (χ0n) is 14.2.